The smallest absolute Gasteiger partial charge is 0.370 e. The molecule has 0 aromatic carbocycles. The monoisotopic (exact) mass is 287 g/mol. The van der Waals surface area contributed by atoms with Crippen LogP contribution in [0.1, 0.15) is 31.5 Å². The van der Waals surface area contributed by atoms with Gasteiger partial charge < -0.3 is 10.2 Å². The number of rotatable bonds is 3. The van der Waals surface area contributed by atoms with Crippen molar-refractivity contribution in [3.63, 3.8) is 0 Å². The lowest BCUT2D eigenvalue weighted by molar-refractivity contribution is -0.179. The number of aromatic nitrogens is 1. The average molecular weight is 287 g/mol. The summed E-state index contributed by atoms with van der Waals surface area (Å²) in [6.45, 7) is 2.89. The Morgan fingerprint density at radius 3 is 2.40 bits per heavy atom. The summed E-state index contributed by atoms with van der Waals surface area (Å²) in [5.41, 5.74) is 1.83. The first-order valence-corrected chi connectivity index (χ1v) is 6.86. The highest BCUT2D eigenvalue weighted by Gasteiger charge is 2.41. The van der Waals surface area contributed by atoms with E-state index in [1.807, 2.05) is 31.0 Å². The Hall–Kier alpha value is -1.30. The summed E-state index contributed by atoms with van der Waals surface area (Å²) in [6, 6.07) is 4.02. The fourth-order valence-corrected chi connectivity index (χ4v) is 2.45. The normalized spacial score (nSPS) is 19.1. The van der Waals surface area contributed by atoms with Crippen LogP contribution in [0.15, 0.2) is 18.3 Å². The third-order valence-corrected chi connectivity index (χ3v) is 3.97. The van der Waals surface area contributed by atoms with Gasteiger partial charge in [0.15, 0.2) is 0 Å². The average Bonchev–Trinajstić information content (AvgIpc) is 2.46. The molecule has 0 aliphatic carbocycles. The first kappa shape index (κ1) is 15.1. The van der Waals surface area contributed by atoms with Crippen molar-refractivity contribution in [2.75, 3.05) is 25.0 Å². The van der Waals surface area contributed by atoms with E-state index in [9.17, 15) is 13.2 Å². The standard InChI is InChI=1S/C14H20F3N3/c1-10(18-2)13-4-3-12(9-19-13)20-7-5-11(6-8-20)14(15,16)17/h3-4,9-11,18H,5-8H2,1-2H3. The van der Waals surface area contributed by atoms with Crippen LogP contribution in [-0.4, -0.2) is 31.3 Å². The van der Waals surface area contributed by atoms with Gasteiger partial charge >= 0.3 is 6.18 Å². The third-order valence-electron chi connectivity index (χ3n) is 3.97. The van der Waals surface area contributed by atoms with Crippen LogP contribution in [-0.2, 0) is 0 Å². The first-order valence-electron chi connectivity index (χ1n) is 6.86. The molecule has 0 bridgehead atoms. The zero-order valence-corrected chi connectivity index (χ0v) is 11.7. The van der Waals surface area contributed by atoms with E-state index >= 15 is 0 Å². The lowest BCUT2D eigenvalue weighted by atomic mass is 9.96. The predicted molar refractivity (Wildman–Crippen MR) is 72.7 cm³/mol. The highest BCUT2D eigenvalue weighted by atomic mass is 19.4. The van der Waals surface area contributed by atoms with Crippen LogP contribution in [0, 0.1) is 5.92 Å². The van der Waals surface area contributed by atoms with E-state index in [-0.39, 0.29) is 18.9 Å². The number of alkyl halides is 3. The quantitative estimate of drug-likeness (QED) is 0.925. The predicted octanol–water partition coefficient (Wildman–Crippen LogP) is 3.14. The van der Waals surface area contributed by atoms with Crippen LogP contribution >= 0.6 is 0 Å². The lowest BCUT2D eigenvalue weighted by Gasteiger charge is -2.34. The van der Waals surface area contributed by atoms with Gasteiger partial charge in [0.25, 0.3) is 0 Å². The number of halogens is 3. The van der Waals surface area contributed by atoms with Crippen LogP contribution < -0.4 is 10.2 Å². The van der Waals surface area contributed by atoms with E-state index in [1.165, 1.54) is 0 Å². The molecule has 3 nitrogen and oxygen atoms in total. The number of pyridine rings is 1. The fraction of sp³-hybridized carbons (Fsp3) is 0.643. The third kappa shape index (κ3) is 3.42. The van der Waals surface area contributed by atoms with Crippen molar-refractivity contribution in [3.05, 3.63) is 24.0 Å². The fourth-order valence-electron chi connectivity index (χ4n) is 2.45. The topological polar surface area (TPSA) is 28.2 Å². The molecule has 1 aliphatic rings. The molecular formula is C14H20F3N3. The second-order valence-corrected chi connectivity index (χ2v) is 5.25. The number of hydrogen-bond donors (Lipinski definition) is 1. The van der Waals surface area contributed by atoms with Crippen molar-refractivity contribution in [2.45, 2.75) is 32.0 Å². The summed E-state index contributed by atoms with van der Waals surface area (Å²) in [6.07, 6.45) is -1.98. The van der Waals surface area contributed by atoms with Gasteiger partial charge in [-0.2, -0.15) is 13.2 Å². The Morgan fingerprint density at radius 1 is 1.30 bits per heavy atom. The number of nitrogens with one attached hydrogen (secondary N) is 1. The van der Waals surface area contributed by atoms with Crippen LogP contribution in [0.2, 0.25) is 0 Å². The molecule has 1 unspecified atom stereocenters. The SMILES string of the molecule is CNC(C)c1ccc(N2CCC(C(F)(F)F)CC2)cn1. The van der Waals surface area contributed by atoms with Gasteiger partial charge in [-0.25, -0.2) is 0 Å². The highest BCUT2D eigenvalue weighted by Crippen LogP contribution is 2.35. The minimum Gasteiger partial charge on any atom is -0.370 e. The molecule has 1 fully saturated rings. The van der Waals surface area contributed by atoms with Crippen molar-refractivity contribution in [3.8, 4) is 0 Å². The molecule has 1 saturated heterocycles. The molecule has 6 heteroatoms. The summed E-state index contributed by atoms with van der Waals surface area (Å²) >= 11 is 0. The Bertz CT molecular complexity index is 422. The summed E-state index contributed by atoms with van der Waals surface area (Å²) < 4.78 is 37.8. The molecule has 20 heavy (non-hydrogen) atoms. The Kier molecular flexibility index (Phi) is 4.52. The minimum absolute atomic E-state index is 0.165. The van der Waals surface area contributed by atoms with Crippen molar-refractivity contribution in [1.82, 2.24) is 10.3 Å². The number of hydrogen-bond acceptors (Lipinski definition) is 3. The highest BCUT2D eigenvalue weighted by molar-refractivity contribution is 5.45. The molecule has 0 amide bonds. The number of piperidine rings is 1. The van der Waals surface area contributed by atoms with E-state index in [0.29, 0.717) is 13.1 Å². The van der Waals surface area contributed by atoms with Gasteiger partial charge in [-0.1, -0.05) is 0 Å². The van der Waals surface area contributed by atoms with Gasteiger partial charge in [-0.15, -0.1) is 0 Å². The van der Waals surface area contributed by atoms with E-state index < -0.39 is 12.1 Å². The molecule has 2 heterocycles. The van der Waals surface area contributed by atoms with Gasteiger partial charge in [0, 0.05) is 19.1 Å². The molecule has 1 aliphatic heterocycles. The first-order chi connectivity index (χ1) is 9.41. The maximum absolute atomic E-state index is 12.6. The van der Waals surface area contributed by atoms with Gasteiger partial charge in [0.05, 0.1) is 23.5 Å². The van der Waals surface area contributed by atoms with Crippen molar-refractivity contribution < 1.29 is 13.2 Å². The molecular weight excluding hydrogens is 267 g/mol. The van der Waals surface area contributed by atoms with Gasteiger partial charge in [0.2, 0.25) is 0 Å². The van der Waals surface area contributed by atoms with Crippen LogP contribution in [0.5, 0.6) is 0 Å². The zero-order chi connectivity index (χ0) is 14.8. The van der Waals surface area contributed by atoms with Crippen molar-refractivity contribution >= 4 is 5.69 Å². The molecule has 1 atom stereocenters. The van der Waals surface area contributed by atoms with Crippen LogP contribution in [0.3, 0.4) is 0 Å². The molecule has 1 aromatic rings. The Morgan fingerprint density at radius 2 is 1.95 bits per heavy atom. The second-order valence-electron chi connectivity index (χ2n) is 5.25. The summed E-state index contributed by atoms with van der Waals surface area (Å²) in [7, 11) is 1.86. The minimum atomic E-state index is -4.06. The largest absolute Gasteiger partial charge is 0.391 e. The molecule has 0 spiro atoms. The van der Waals surface area contributed by atoms with E-state index in [1.54, 1.807) is 6.20 Å². The van der Waals surface area contributed by atoms with Crippen molar-refractivity contribution in [2.24, 2.45) is 5.92 Å². The molecule has 112 valence electrons. The van der Waals surface area contributed by atoms with Gasteiger partial charge in [-0.05, 0) is 38.9 Å². The second kappa shape index (κ2) is 5.99. The molecule has 1 aromatic heterocycles. The Labute approximate surface area is 117 Å². The van der Waals surface area contributed by atoms with E-state index in [2.05, 4.69) is 10.3 Å². The molecule has 2 rings (SSSR count). The maximum Gasteiger partial charge on any atom is 0.391 e. The van der Waals surface area contributed by atoms with E-state index in [0.717, 1.165) is 11.4 Å². The van der Waals surface area contributed by atoms with E-state index in [4.69, 9.17) is 0 Å². The molecule has 0 saturated carbocycles. The summed E-state index contributed by atoms with van der Waals surface area (Å²) in [5.74, 6) is -1.16. The molecule has 0 radical (unpaired) electrons. The number of nitrogens with zero attached hydrogens (tertiary/aromatic N) is 2. The summed E-state index contributed by atoms with van der Waals surface area (Å²) in [4.78, 5) is 6.34. The molecule has 1 N–H and O–H groups in total. The summed E-state index contributed by atoms with van der Waals surface area (Å²) in [5, 5.41) is 3.10. The van der Waals surface area contributed by atoms with Crippen LogP contribution in [0.25, 0.3) is 0 Å². The van der Waals surface area contributed by atoms with Crippen molar-refractivity contribution in [1.29, 1.82) is 0 Å². The Balaban J connectivity index is 1.97. The number of anilines is 1. The van der Waals surface area contributed by atoms with Gasteiger partial charge in [0.1, 0.15) is 0 Å². The van der Waals surface area contributed by atoms with Gasteiger partial charge in [-0.3, -0.25) is 4.98 Å². The lowest BCUT2D eigenvalue weighted by Crippen LogP contribution is -2.39. The van der Waals surface area contributed by atoms with Crippen LogP contribution in [0.4, 0.5) is 18.9 Å². The zero-order valence-electron chi connectivity index (χ0n) is 11.7. The maximum atomic E-state index is 12.6.